The van der Waals surface area contributed by atoms with E-state index in [9.17, 15) is 4.79 Å². The van der Waals surface area contributed by atoms with Gasteiger partial charge < -0.3 is 14.6 Å². The number of aryl methyl sites for hydroxylation is 1. The van der Waals surface area contributed by atoms with Crippen LogP contribution in [0.15, 0.2) is 5.16 Å². The maximum Gasteiger partial charge on any atom is 0.233 e. The monoisotopic (exact) mass is 310 g/mol. The molecule has 2 unspecified atom stereocenters. The van der Waals surface area contributed by atoms with Gasteiger partial charge in [0, 0.05) is 19.2 Å². The number of hydrogen-bond donors (Lipinski definition) is 1. The molecular formula is C14H22N4O2S. The Labute approximate surface area is 129 Å². The number of nitrogens with one attached hydrogen (secondary N) is 1. The molecule has 1 aliphatic heterocycles. The standard InChI is InChI=1S/C14H22N4O2S/c1-9(13(19)15-8-12-4-3-7-20-12)21-14-17-16-10(2)18(14)11-5-6-11/h9,11-12H,3-8H2,1-2H3,(H,15,19). The lowest BCUT2D eigenvalue weighted by atomic mass is 10.2. The highest BCUT2D eigenvalue weighted by molar-refractivity contribution is 8.00. The van der Waals surface area contributed by atoms with Crippen molar-refractivity contribution < 1.29 is 9.53 Å². The van der Waals surface area contributed by atoms with Gasteiger partial charge in [-0.25, -0.2) is 0 Å². The van der Waals surface area contributed by atoms with E-state index >= 15 is 0 Å². The lowest BCUT2D eigenvalue weighted by molar-refractivity contribution is -0.120. The van der Waals surface area contributed by atoms with Crippen molar-refractivity contribution in [2.75, 3.05) is 13.2 Å². The molecule has 1 N–H and O–H groups in total. The second kappa shape index (κ2) is 6.36. The van der Waals surface area contributed by atoms with Gasteiger partial charge in [-0.05, 0) is 39.5 Å². The fraction of sp³-hybridized carbons (Fsp3) is 0.786. The van der Waals surface area contributed by atoms with Gasteiger partial charge in [-0.3, -0.25) is 4.79 Å². The predicted octanol–water partition coefficient (Wildman–Crippen LogP) is 1.70. The molecule has 2 atom stereocenters. The molecule has 1 amide bonds. The minimum Gasteiger partial charge on any atom is -0.376 e. The number of amides is 1. The zero-order valence-electron chi connectivity index (χ0n) is 12.5. The van der Waals surface area contributed by atoms with Crippen LogP contribution < -0.4 is 5.32 Å². The van der Waals surface area contributed by atoms with Gasteiger partial charge in [0.15, 0.2) is 5.16 Å². The predicted molar refractivity (Wildman–Crippen MR) is 80.3 cm³/mol. The highest BCUT2D eigenvalue weighted by Gasteiger charge is 2.30. The fourth-order valence-electron chi connectivity index (χ4n) is 2.56. The Morgan fingerprint density at radius 1 is 1.48 bits per heavy atom. The van der Waals surface area contributed by atoms with Crippen molar-refractivity contribution in [3.63, 3.8) is 0 Å². The molecule has 1 aromatic rings. The molecule has 2 heterocycles. The lowest BCUT2D eigenvalue weighted by Gasteiger charge is -2.15. The summed E-state index contributed by atoms with van der Waals surface area (Å²) in [6.45, 7) is 5.31. The maximum atomic E-state index is 12.2. The van der Waals surface area contributed by atoms with Gasteiger partial charge in [-0.15, -0.1) is 10.2 Å². The van der Waals surface area contributed by atoms with Crippen LogP contribution in [0.3, 0.4) is 0 Å². The molecule has 7 heteroatoms. The van der Waals surface area contributed by atoms with E-state index in [1.807, 2.05) is 13.8 Å². The molecule has 0 spiro atoms. The summed E-state index contributed by atoms with van der Waals surface area (Å²) in [5.41, 5.74) is 0. The molecule has 1 saturated carbocycles. The third-order valence-corrected chi connectivity index (χ3v) is 4.98. The molecule has 116 valence electrons. The van der Waals surface area contributed by atoms with Crippen LogP contribution in [-0.2, 0) is 9.53 Å². The number of carbonyl (C=O) groups excluding carboxylic acids is 1. The van der Waals surface area contributed by atoms with Crippen molar-refractivity contribution in [1.82, 2.24) is 20.1 Å². The summed E-state index contributed by atoms with van der Waals surface area (Å²) in [4.78, 5) is 12.2. The van der Waals surface area contributed by atoms with Gasteiger partial charge in [-0.1, -0.05) is 11.8 Å². The third kappa shape index (κ3) is 3.58. The molecule has 1 aliphatic carbocycles. The van der Waals surface area contributed by atoms with Crippen molar-refractivity contribution in [2.24, 2.45) is 0 Å². The fourth-order valence-corrected chi connectivity index (χ4v) is 3.55. The number of carbonyl (C=O) groups is 1. The van der Waals surface area contributed by atoms with Crippen molar-refractivity contribution in [2.45, 2.75) is 62.1 Å². The summed E-state index contributed by atoms with van der Waals surface area (Å²) in [6.07, 6.45) is 4.69. The minimum atomic E-state index is -0.174. The molecule has 1 aromatic heterocycles. The third-order valence-electron chi connectivity index (χ3n) is 3.93. The molecule has 6 nitrogen and oxygen atoms in total. The van der Waals surface area contributed by atoms with Gasteiger partial charge in [0.25, 0.3) is 0 Å². The Balaban J connectivity index is 1.53. The Morgan fingerprint density at radius 3 is 2.95 bits per heavy atom. The van der Waals surface area contributed by atoms with E-state index in [2.05, 4.69) is 20.1 Å². The van der Waals surface area contributed by atoms with Gasteiger partial charge in [0.2, 0.25) is 5.91 Å². The van der Waals surface area contributed by atoms with Crippen LogP contribution >= 0.6 is 11.8 Å². The number of aromatic nitrogens is 3. The first-order valence-corrected chi connectivity index (χ1v) is 8.50. The molecule has 1 saturated heterocycles. The van der Waals surface area contributed by atoms with Crippen LogP contribution in [0.4, 0.5) is 0 Å². The normalized spacial score (nSPS) is 23.2. The highest BCUT2D eigenvalue weighted by Crippen LogP contribution is 2.39. The van der Waals surface area contributed by atoms with E-state index in [1.54, 1.807) is 0 Å². The summed E-state index contributed by atoms with van der Waals surface area (Å²) in [5, 5.41) is 12.0. The Morgan fingerprint density at radius 2 is 2.29 bits per heavy atom. The molecule has 0 bridgehead atoms. The van der Waals surface area contributed by atoms with E-state index in [4.69, 9.17) is 4.74 Å². The topological polar surface area (TPSA) is 69.0 Å². The van der Waals surface area contributed by atoms with E-state index in [0.29, 0.717) is 12.6 Å². The maximum absolute atomic E-state index is 12.2. The highest BCUT2D eigenvalue weighted by atomic mass is 32.2. The van der Waals surface area contributed by atoms with E-state index in [-0.39, 0.29) is 17.3 Å². The van der Waals surface area contributed by atoms with Gasteiger partial charge in [0.1, 0.15) is 5.82 Å². The average Bonchev–Trinajstić information content (AvgIpc) is 3.03. The molecule has 3 rings (SSSR count). The SMILES string of the molecule is Cc1nnc(SC(C)C(=O)NCC2CCCO2)n1C1CC1. The zero-order valence-corrected chi connectivity index (χ0v) is 13.4. The van der Waals surface area contributed by atoms with Crippen molar-refractivity contribution in [1.29, 1.82) is 0 Å². The van der Waals surface area contributed by atoms with Crippen molar-refractivity contribution >= 4 is 17.7 Å². The summed E-state index contributed by atoms with van der Waals surface area (Å²) in [6, 6.07) is 0.532. The first-order valence-electron chi connectivity index (χ1n) is 7.62. The quantitative estimate of drug-likeness (QED) is 0.810. The Bertz CT molecular complexity index is 509. The Hall–Kier alpha value is -1.08. The first kappa shape index (κ1) is 14.8. The van der Waals surface area contributed by atoms with E-state index in [1.165, 1.54) is 24.6 Å². The first-order chi connectivity index (χ1) is 10.1. The molecule has 0 radical (unpaired) electrons. The van der Waals surface area contributed by atoms with Crippen molar-refractivity contribution in [3.05, 3.63) is 5.82 Å². The van der Waals surface area contributed by atoms with Crippen molar-refractivity contribution in [3.8, 4) is 0 Å². The van der Waals surface area contributed by atoms with Gasteiger partial charge in [0.05, 0.1) is 11.4 Å². The summed E-state index contributed by atoms with van der Waals surface area (Å²) < 4.78 is 7.68. The smallest absolute Gasteiger partial charge is 0.233 e. The number of ether oxygens (including phenoxy) is 1. The van der Waals surface area contributed by atoms with Crippen LogP contribution in [0, 0.1) is 6.92 Å². The molecular weight excluding hydrogens is 288 g/mol. The summed E-state index contributed by atoms with van der Waals surface area (Å²) >= 11 is 1.49. The molecule has 2 aliphatic rings. The zero-order chi connectivity index (χ0) is 14.8. The Kier molecular flexibility index (Phi) is 4.49. The molecule has 2 fully saturated rings. The van der Waals surface area contributed by atoms with Crippen LogP contribution in [0.2, 0.25) is 0 Å². The van der Waals surface area contributed by atoms with Crippen LogP contribution in [-0.4, -0.2) is 45.2 Å². The number of thioether (sulfide) groups is 1. The van der Waals surface area contributed by atoms with Crippen LogP contribution in [0.5, 0.6) is 0 Å². The summed E-state index contributed by atoms with van der Waals surface area (Å²) in [5.74, 6) is 0.977. The van der Waals surface area contributed by atoms with Gasteiger partial charge >= 0.3 is 0 Å². The minimum absolute atomic E-state index is 0.0403. The van der Waals surface area contributed by atoms with Crippen LogP contribution in [0.25, 0.3) is 0 Å². The molecule has 21 heavy (non-hydrogen) atoms. The molecule has 0 aromatic carbocycles. The number of hydrogen-bond acceptors (Lipinski definition) is 5. The lowest BCUT2D eigenvalue weighted by Crippen LogP contribution is -2.36. The average molecular weight is 310 g/mol. The van der Waals surface area contributed by atoms with E-state index in [0.717, 1.165) is 30.4 Å². The van der Waals surface area contributed by atoms with Crippen LogP contribution in [0.1, 0.15) is 44.5 Å². The summed E-state index contributed by atoms with van der Waals surface area (Å²) in [7, 11) is 0. The van der Waals surface area contributed by atoms with Gasteiger partial charge in [-0.2, -0.15) is 0 Å². The second-order valence-electron chi connectivity index (χ2n) is 5.77. The number of nitrogens with zero attached hydrogens (tertiary/aromatic N) is 3. The largest absolute Gasteiger partial charge is 0.376 e. The number of rotatable bonds is 6. The second-order valence-corrected chi connectivity index (χ2v) is 7.08. The van der Waals surface area contributed by atoms with E-state index < -0.39 is 0 Å².